The summed E-state index contributed by atoms with van der Waals surface area (Å²) in [7, 11) is 0. The molecule has 0 aliphatic carbocycles. The van der Waals surface area contributed by atoms with Crippen LogP contribution in [-0.4, -0.2) is 30.5 Å². The summed E-state index contributed by atoms with van der Waals surface area (Å²) >= 11 is 1.13. The topological polar surface area (TPSA) is 91.4 Å². The zero-order valence-electron chi connectivity index (χ0n) is 20.8. The SMILES string of the molecule is C[C@H]1Cc2cc(-c3nn(-c4ccccc4)cc3/C=c3\sc4nc(=O)c(-c5ccccc5)nn4c3=O)ccc2O1. The molecule has 7 rings (SSSR count). The normalized spacial score (nSPS) is 15.0. The zero-order valence-corrected chi connectivity index (χ0v) is 21.6. The molecule has 0 saturated heterocycles. The molecule has 0 fully saturated rings. The predicted molar refractivity (Wildman–Crippen MR) is 150 cm³/mol. The summed E-state index contributed by atoms with van der Waals surface area (Å²) in [5.74, 6) is 0.891. The van der Waals surface area contributed by atoms with Crippen LogP contribution in [0.4, 0.5) is 0 Å². The van der Waals surface area contributed by atoms with Crippen LogP contribution in [0.1, 0.15) is 18.1 Å². The monoisotopic (exact) mass is 531 g/mol. The molecule has 190 valence electrons. The second-order valence-corrected chi connectivity index (χ2v) is 10.4. The van der Waals surface area contributed by atoms with Gasteiger partial charge in [-0.05, 0) is 48.9 Å². The third kappa shape index (κ3) is 4.13. The van der Waals surface area contributed by atoms with Crippen LogP contribution in [0.2, 0.25) is 0 Å². The van der Waals surface area contributed by atoms with Crippen LogP contribution in [0.5, 0.6) is 5.75 Å². The van der Waals surface area contributed by atoms with Crippen LogP contribution in [0.3, 0.4) is 0 Å². The second kappa shape index (κ2) is 9.14. The first-order valence-electron chi connectivity index (χ1n) is 12.5. The molecule has 3 aromatic carbocycles. The number of nitrogens with zero attached hydrogens (tertiary/aromatic N) is 5. The Hall–Kier alpha value is -4.89. The number of hydrogen-bond donors (Lipinski definition) is 0. The van der Waals surface area contributed by atoms with Crippen molar-refractivity contribution in [3.05, 3.63) is 121 Å². The Morgan fingerprint density at radius 3 is 2.49 bits per heavy atom. The third-order valence-electron chi connectivity index (χ3n) is 6.65. The number of hydrogen-bond acceptors (Lipinski definition) is 7. The summed E-state index contributed by atoms with van der Waals surface area (Å²) in [4.78, 5) is 30.6. The van der Waals surface area contributed by atoms with Crippen molar-refractivity contribution in [2.75, 3.05) is 0 Å². The highest BCUT2D eigenvalue weighted by molar-refractivity contribution is 7.15. The third-order valence-corrected chi connectivity index (χ3v) is 7.61. The van der Waals surface area contributed by atoms with E-state index in [9.17, 15) is 9.59 Å². The van der Waals surface area contributed by atoms with Gasteiger partial charge in [0.1, 0.15) is 17.5 Å². The Kier molecular flexibility index (Phi) is 5.45. The van der Waals surface area contributed by atoms with Crippen molar-refractivity contribution >= 4 is 22.4 Å². The molecule has 0 saturated carbocycles. The Morgan fingerprint density at radius 1 is 0.923 bits per heavy atom. The second-order valence-electron chi connectivity index (χ2n) is 9.41. The Bertz CT molecular complexity index is 2030. The lowest BCUT2D eigenvalue weighted by atomic mass is 10.0. The van der Waals surface area contributed by atoms with Gasteiger partial charge in [-0.15, -0.1) is 0 Å². The van der Waals surface area contributed by atoms with Gasteiger partial charge < -0.3 is 4.74 Å². The minimum atomic E-state index is -0.471. The maximum absolute atomic E-state index is 13.4. The smallest absolute Gasteiger partial charge is 0.300 e. The molecule has 3 aromatic heterocycles. The van der Waals surface area contributed by atoms with E-state index in [1.54, 1.807) is 22.9 Å². The van der Waals surface area contributed by atoms with Crippen LogP contribution in [-0.2, 0) is 6.42 Å². The van der Waals surface area contributed by atoms with E-state index in [0.717, 1.165) is 51.6 Å². The molecule has 0 radical (unpaired) electrons. The van der Waals surface area contributed by atoms with Crippen LogP contribution in [0.25, 0.3) is 39.2 Å². The lowest BCUT2D eigenvalue weighted by Crippen LogP contribution is -2.26. The lowest BCUT2D eigenvalue weighted by molar-refractivity contribution is 0.254. The van der Waals surface area contributed by atoms with E-state index in [-0.39, 0.29) is 22.3 Å². The average Bonchev–Trinajstić information content (AvgIpc) is 3.63. The van der Waals surface area contributed by atoms with Crippen LogP contribution in [0, 0.1) is 0 Å². The molecule has 0 bridgehead atoms. The van der Waals surface area contributed by atoms with Crippen molar-refractivity contribution in [2.24, 2.45) is 0 Å². The Balaban J connectivity index is 1.41. The molecule has 1 aliphatic heterocycles. The fourth-order valence-corrected chi connectivity index (χ4v) is 5.72. The van der Waals surface area contributed by atoms with Crippen molar-refractivity contribution in [2.45, 2.75) is 19.4 Å². The van der Waals surface area contributed by atoms with Crippen molar-refractivity contribution in [3.8, 4) is 34.0 Å². The molecule has 4 heterocycles. The number of benzene rings is 3. The molecular formula is C30H21N5O3S. The van der Waals surface area contributed by atoms with Gasteiger partial charge in [-0.25, -0.2) is 4.68 Å². The molecule has 9 heteroatoms. The van der Waals surface area contributed by atoms with E-state index >= 15 is 0 Å². The van der Waals surface area contributed by atoms with E-state index in [4.69, 9.17) is 9.84 Å². The van der Waals surface area contributed by atoms with Crippen LogP contribution < -0.4 is 20.4 Å². The first-order valence-corrected chi connectivity index (χ1v) is 13.3. The fourth-order valence-electron chi connectivity index (χ4n) is 4.83. The molecule has 0 N–H and O–H groups in total. The number of thiazole rings is 1. The first kappa shape index (κ1) is 23.2. The molecule has 6 aromatic rings. The Morgan fingerprint density at radius 2 is 1.69 bits per heavy atom. The van der Waals surface area contributed by atoms with Crippen molar-refractivity contribution < 1.29 is 4.74 Å². The highest BCUT2D eigenvalue weighted by Gasteiger charge is 2.21. The molecule has 8 nitrogen and oxygen atoms in total. The van der Waals surface area contributed by atoms with Gasteiger partial charge in [0, 0.05) is 29.3 Å². The minimum absolute atomic E-state index is 0.133. The van der Waals surface area contributed by atoms with Crippen molar-refractivity contribution in [1.29, 1.82) is 0 Å². The molecule has 0 unspecified atom stereocenters. The van der Waals surface area contributed by atoms with E-state index in [1.165, 1.54) is 4.52 Å². The molecule has 0 amide bonds. The van der Waals surface area contributed by atoms with Crippen molar-refractivity contribution in [1.82, 2.24) is 24.4 Å². The fraction of sp³-hybridized carbons (Fsp3) is 0.100. The van der Waals surface area contributed by atoms with Gasteiger partial charge in [-0.1, -0.05) is 59.9 Å². The van der Waals surface area contributed by atoms with Crippen LogP contribution >= 0.6 is 11.3 Å². The zero-order chi connectivity index (χ0) is 26.5. The maximum Gasteiger partial charge on any atom is 0.300 e. The molecule has 0 spiro atoms. The van der Waals surface area contributed by atoms with Gasteiger partial charge in [0.15, 0.2) is 5.69 Å². The van der Waals surface area contributed by atoms with Gasteiger partial charge in [0.2, 0.25) is 4.96 Å². The molecule has 1 aliphatic rings. The van der Waals surface area contributed by atoms with E-state index in [2.05, 4.69) is 23.1 Å². The summed E-state index contributed by atoms with van der Waals surface area (Å²) < 4.78 is 9.30. The molecular weight excluding hydrogens is 510 g/mol. The van der Waals surface area contributed by atoms with Gasteiger partial charge >= 0.3 is 5.56 Å². The van der Waals surface area contributed by atoms with Gasteiger partial charge in [-0.3, -0.25) is 9.59 Å². The number of rotatable bonds is 4. The number of ether oxygens (including phenoxy) is 1. The number of para-hydroxylation sites is 1. The van der Waals surface area contributed by atoms with Gasteiger partial charge in [0.25, 0.3) is 5.56 Å². The minimum Gasteiger partial charge on any atom is -0.490 e. The summed E-state index contributed by atoms with van der Waals surface area (Å²) in [5.41, 5.74) is 4.40. The van der Waals surface area contributed by atoms with E-state index in [1.807, 2.05) is 66.9 Å². The van der Waals surface area contributed by atoms with Crippen molar-refractivity contribution in [3.63, 3.8) is 0 Å². The van der Waals surface area contributed by atoms with E-state index in [0.29, 0.717) is 10.1 Å². The summed E-state index contributed by atoms with van der Waals surface area (Å²) in [6.45, 7) is 2.05. The van der Waals surface area contributed by atoms with Crippen LogP contribution in [0.15, 0.2) is 94.6 Å². The quantitative estimate of drug-likeness (QED) is 0.343. The predicted octanol–water partition coefficient (Wildman–Crippen LogP) is 3.90. The Labute approximate surface area is 226 Å². The molecule has 39 heavy (non-hydrogen) atoms. The average molecular weight is 532 g/mol. The van der Waals surface area contributed by atoms with Gasteiger partial charge in [0.05, 0.1) is 10.2 Å². The van der Waals surface area contributed by atoms with E-state index < -0.39 is 5.56 Å². The molecule has 1 atom stereocenters. The largest absolute Gasteiger partial charge is 0.490 e. The summed E-state index contributed by atoms with van der Waals surface area (Å²) in [5, 5.41) is 9.27. The lowest BCUT2D eigenvalue weighted by Gasteiger charge is -2.04. The number of aromatic nitrogens is 5. The highest BCUT2D eigenvalue weighted by Crippen LogP contribution is 2.34. The highest BCUT2D eigenvalue weighted by atomic mass is 32.1. The standard InChI is InChI=1S/C30H21N5O3S/c1-18-14-21-15-20(12-13-24(21)38-18)26-22(17-34(32-26)23-10-6-3-7-11-23)16-25-29(37)35-30(39-25)31-28(36)27(33-35)19-8-4-2-5-9-19/h2-13,15-18H,14H2,1H3/b25-16-/t18-/m0/s1. The first-order chi connectivity index (χ1) is 19.0. The maximum atomic E-state index is 13.4. The summed E-state index contributed by atoms with van der Waals surface area (Å²) in [6.07, 6.45) is 4.66. The van der Waals surface area contributed by atoms with Gasteiger partial charge in [-0.2, -0.15) is 19.7 Å². The summed E-state index contributed by atoms with van der Waals surface area (Å²) in [6, 6.07) is 24.9. The number of fused-ring (bicyclic) bond motifs is 2.